The summed E-state index contributed by atoms with van der Waals surface area (Å²) < 4.78 is 58.5. The molecule has 21 heavy (non-hydrogen) atoms. The molecule has 0 fully saturated rings. The fourth-order valence-electron chi connectivity index (χ4n) is 1.43. The summed E-state index contributed by atoms with van der Waals surface area (Å²) in [5.74, 6) is 0.371. The normalized spacial score (nSPS) is 11.0. The van der Waals surface area contributed by atoms with Crippen molar-refractivity contribution in [1.29, 1.82) is 0 Å². The smallest absolute Gasteiger partial charge is 1.00 e. The summed E-state index contributed by atoms with van der Waals surface area (Å²) in [7, 11) is -8.14. The van der Waals surface area contributed by atoms with E-state index < -0.39 is 20.5 Å². The third-order valence-electron chi connectivity index (χ3n) is 1.99. The largest absolute Gasteiger partial charge is 1.00 e. The van der Waals surface area contributed by atoms with Gasteiger partial charge in [-0.05, 0) is 11.5 Å². The Bertz CT molecular complexity index is 793. The molecule has 0 aliphatic heterocycles. The molecule has 0 aliphatic carbocycles. The fourth-order valence-corrected chi connectivity index (χ4v) is 1.90. The van der Waals surface area contributed by atoms with Crippen molar-refractivity contribution in [2.45, 2.75) is 0 Å². The van der Waals surface area contributed by atoms with Crippen LogP contribution in [-0.2, 0) is 20.5 Å². The van der Waals surface area contributed by atoms with E-state index in [4.69, 9.17) is 21.7 Å². The molecule has 0 heterocycles. The maximum Gasteiger partial charge on any atom is 1.00 e. The summed E-state index contributed by atoms with van der Waals surface area (Å²) in [5.41, 5.74) is 0. The minimum Gasteiger partial charge on any atom is -1.00 e. The Morgan fingerprint density at radius 1 is 0.952 bits per heavy atom. The van der Waals surface area contributed by atoms with Crippen molar-refractivity contribution >= 4 is 31.3 Å². The topological polar surface area (TPSA) is 118 Å². The minimum atomic E-state index is -4.67. The molecule has 2 N–H and O–H groups in total. The number of rotatable bonds is 2. The Morgan fingerprint density at radius 3 is 1.95 bits per heavy atom. The van der Waals surface area contributed by atoms with Crippen LogP contribution < -0.4 is 33.7 Å². The van der Waals surface area contributed by atoms with Gasteiger partial charge < -0.3 is 5.61 Å². The third-order valence-corrected chi connectivity index (χ3v) is 2.47. The van der Waals surface area contributed by atoms with Crippen LogP contribution in [0.15, 0.2) is 42.5 Å². The van der Waals surface area contributed by atoms with Crippen LogP contribution in [0.4, 0.5) is 0 Å². The molecule has 0 spiro atoms. The Balaban J connectivity index is 0. The minimum absolute atomic E-state index is 0. The molecule has 2 aromatic carbocycles. The summed E-state index contributed by atoms with van der Waals surface area (Å²) in [6, 6.07) is 12.8. The van der Waals surface area contributed by atoms with Gasteiger partial charge in [-0.1, -0.05) is 36.4 Å². The van der Waals surface area contributed by atoms with Gasteiger partial charge in [0.15, 0.2) is 0 Å². The average Bonchev–Trinajstić information content (AvgIpc) is 2.25. The molecule has 112 valence electrons. The van der Waals surface area contributed by atoms with E-state index in [1.165, 1.54) is 0 Å². The molecule has 0 bridgehead atoms. The van der Waals surface area contributed by atoms with Crippen molar-refractivity contribution in [2.24, 2.45) is 0 Å². The number of hydrogen-bond acceptors (Lipinski definition) is 5. The van der Waals surface area contributed by atoms with Crippen molar-refractivity contribution in [3.05, 3.63) is 42.5 Å². The van der Waals surface area contributed by atoms with Crippen LogP contribution in [0.3, 0.4) is 0 Å². The monoisotopic (exact) mass is 344 g/mol. The maximum atomic E-state index is 11.0. The molecule has 2 aromatic rings. The zero-order valence-electron chi connectivity index (χ0n) is 12.3. The van der Waals surface area contributed by atoms with Gasteiger partial charge in [0.25, 0.3) is 0 Å². The van der Waals surface area contributed by atoms with Crippen molar-refractivity contribution in [3.63, 3.8) is 0 Å². The van der Waals surface area contributed by atoms with Crippen LogP contribution in [0.1, 0.15) is 1.43 Å². The summed E-state index contributed by atoms with van der Waals surface area (Å²) in [4.78, 5) is 0. The maximum absolute atomic E-state index is 11.0. The van der Waals surface area contributed by atoms with Crippen LogP contribution in [0, 0.1) is 0 Å². The first-order valence-corrected chi connectivity index (χ1v) is 8.35. The van der Waals surface area contributed by atoms with Gasteiger partial charge in [-0.15, -0.1) is 0 Å². The van der Waals surface area contributed by atoms with Gasteiger partial charge >= 0.3 is 50.1 Å². The molecular weight excluding hydrogens is 331 g/mol. The molecular formula is C11H13NaO7S2. The van der Waals surface area contributed by atoms with Gasteiger partial charge in [-0.2, -0.15) is 16.8 Å². The van der Waals surface area contributed by atoms with Crippen LogP contribution in [0.5, 0.6) is 5.75 Å². The molecule has 0 saturated heterocycles. The van der Waals surface area contributed by atoms with Gasteiger partial charge in [0.2, 0.25) is 0 Å². The first-order valence-electron chi connectivity index (χ1n) is 5.13. The second kappa shape index (κ2) is 8.08. The Kier molecular flexibility index (Phi) is 7.82. The molecule has 0 aromatic heterocycles. The third kappa shape index (κ3) is 9.04. The van der Waals surface area contributed by atoms with E-state index in [0.717, 1.165) is 17.0 Å². The van der Waals surface area contributed by atoms with Crippen molar-refractivity contribution < 1.29 is 61.1 Å². The zero-order valence-corrected chi connectivity index (χ0v) is 14.9. The molecule has 0 radical (unpaired) electrons. The predicted molar refractivity (Wildman–Crippen MR) is 74.7 cm³/mol. The van der Waals surface area contributed by atoms with E-state index in [1.807, 2.05) is 30.3 Å². The van der Waals surface area contributed by atoms with E-state index >= 15 is 0 Å². The summed E-state index contributed by atoms with van der Waals surface area (Å²) in [6.07, 6.45) is 1.04. The van der Waals surface area contributed by atoms with E-state index in [-0.39, 0.29) is 31.0 Å². The van der Waals surface area contributed by atoms with Crippen molar-refractivity contribution in [3.8, 4) is 5.75 Å². The number of hydrogen-bond donors (Lipinski definition) is 2. The molecule has 0 amide bonds. The van der Waals surface area contributed by atoms with Crippen LogP contribution in [0.2, 0.25) is 0 Å². The van der Waals surface area contributed by atoms with Gasteiger partial charge in [-0.25, -0.2) is 0 Å². The number of fused-ring (bicyclic) bond motifs is 1. The predicted octanol–water partition coefficient (Wildman–Crippen LogP) is -1.36. The van der Waals surface area contributed by atoms with E-state index in [2.05, 4.69) is 0 Å². The summed E-state index contributed by atoms with van der Waals surface area (Å²) in [5, 5.41) is 1.75. The molecule has 10 heteroatoms. The fraction of sp³-hybridized carbons (Fsp3) is 0.0909. The Labute approximate surface area is 146 Å². The SMILES string of the molecule is CS(=O)(=O)Oc1cccc2ccccc12.O=S(=O)(O)O.[H-].[Na+]. The Morgan fingerprint density at radius 2 is 1.43 bits per heavy atom. The second-order valence-electron chi connectivity index (χ2n) is 3.71. The quantitative estimate of drug-likeness (QED) is 0.392. The first-order chi connectivity index (χ1) is 9.06. The van der Waals surface area contributed by atoms with Crippen molar-refractivity contribution in [1.82, 2.24) is 0 Å². The summed E-state index contributed by atoms with van der Waals surface area (Å²) in [6.45, 7) is 0. The molecule has 0 aliphatic rings. The molecule has 0 saturated carbocycles. The summed E-state index contributed by atoms with van der Waals surface area (Å²) >= 11 is 0. The standard InChI is InChI=1S/C11H10O3S.Na.H2O4S.H/c1-15(12,13)14-11-8-4-6-9-5-2-3-7-10(9)11;;1-5(2,3)4;/h2-8H,1H3;;(H2,1,2,3,4);/q;+1;;-1. The van der Waals surface area contributed by atoms with E-state index in [0.29, 0.717) is 5.75 Å². The Hall–Kier alpha value is -0.680. The first kappa shape index (κ1) is 20.3. The molecule has 0 unspecified atom stereocenters. The van der Waals surface area contributed by atoms with E-state index in [1.54, 1.807) is 12.1 Å². The molecule has 2 rings (SSSR count). The molecule has 7 nitrogen and oxygen atoms in total. The molecule has 0 atom stereocenters. The second-order valence-corrected chi connectivity index (χ2v) is 6.18. The van der Waals surface area contributed by atoms with Crippen molar-refractivity contribution in [2.75, 3.05) is 6.26 Å². The van der Waals surface area contributed by atoms with Crippen LogP contribution >= 0.6 is 0 Å². The number of benzene rings is 2. The van der Waals surface area contributed by atoms with E-state index in [9.17, 15) is 8.42 Å². The van der Waals surface area contributed by atoms with Gasteiger partial charge in [0.05, 0.1) is 6.26 Å². The van der Waals surface area contributed by atoms with Gasteiger partial charge in [-0.3, -0.25) is 9.11 Å². The average molecular weight is 344 g/mol. The van der Waals surface area contributed by atoms with Crippen LogP contribution in [0.25, 0.3) is 10.8 Å². The van der Waals surface area contributed by atoms with Gasteiger partial charge in [0, 0.05) is 5.39 Å². The van der Waals surface area contributed by atoms with Gasteiger partial charge in [0.1, 0.15) is 5.75 Å². The zero-order chi connectivity index (χ0) is 15.4. The van der Waals surface area contributed by atoms with Crippen LogP contribution in [-0.4, -0.2) is 32.2 Å².